The maximum Gasteiger partial charge on any atom is 0.195 e. The Kier molecular flexibility index (Phi) is 6.11. The molecule has 4 heterocycles. The highest BCUT2D eigenvalue weighted by Gasteiger charge is 2.43. The zero-order valence-corrected chi connectivity index (χ0v) is 29.3. The van der Waals surface area contributed by atoms with Crippen LogP contribution < -0.4 is 20.7 Å². The van der Waals surface area contributed by atoms with Crippen molar-refractivity contribution in [3.8, 4) is 5.69 Å². The normalized spacial score (nSPS) is 12.3. The van der Waals surface area contributed by atoms with E-state index in [1.165, 1.54) is 52.9 Å². The SMILES string of the molecule is c1ccc([Si](c2ccccc2)(c2cccc(-n3c4ccccc4n4c5ccccc5cc34)c2)c2cccc3c2sc2nc4ccccc4n23)cc1. The summed E-state index contributed by atoms with van der Waals surface area (Å²) in [5, 5.41) is 6.67. The van der Waals surface area contributed by atoms with E-state index in [1.807, 2.05) is 11.3 Å². The van der Waals surface area contributed by atoms with Crippen LogP contribution in [0.3, 0.4) is 0 Å². The van der Waals surface area contributed by atoms with E-state index in [4.69, 9.17) is 4.98 Å². The van der Waals surface area contributed by atoms with Gasteiger partial charge in [-0.25, -0.2) is 4.98 Å². The number of aromatic nitrogens is 4. The fourth-order valence-corrected chi connectivity index (χ4v) is 15.0. The van der Waals surface area contributed by atoms with Gasteiger partial charge in [0, 0.05) is 11.1 Å². The summed E-state index contributed by atoms with van der Waals surface area (Å²) >= 11 is 1.81. The van der Waals surface area contributed by atoms with Crippen LogP contribution >= 0.6 is 11.3 Å². The molecular formula is C45H30N4SSi. The van der Waals surface area contributed by atoms with Gasteiger partial charge in [0.25, 0.3) is 0 Å². The summed E-state index contributed by atoms with van der Waals surface area (Å²) in [7, 11) is -2.93. The number of benzene rings is 7. The van der Waals surface area contributed by atoms with E-state index in [0.717, 1.165) is 27.3 Å². The summed E-state index contributed by atoms with van der Waals surface area (Å²) in [5.41, 5.74) is 9.31. The van der Waals surface area contributed by atoms with Crippen molar-refractivity contribution in [1.82, 2.24) is 18.4 Å². The van der Waals surface area contributed by atoms with Gasteiger partial charge < -0.3 is 0 Å². The molecule has 4 aromatic heterocycles. The summed E-state index contributed by atoms with van der Waals surface area (Å²) in [6.45, 7) is 0. The molecule has 0 atom stereocenters. The third-order valence-corrected chi connectivity index (χ3v) is 16.7. The van der Waals surface area contributed by atoms with Crippen molar-refractivity contribution in [2.75, 3.05) is 0 Å². The molecule has 0 unspecified atom stereocenters. The van der Waals surface area contributed by atoms with Crippen molar-refractivity contribution in [2.45, 2.75) is 0 Å². The summed E-state index contributed by atoms with van der Waals surface area (Å²) in [6, 6.07) is 67.0. The first kappa shape index (κ1) is 28.6. The van der Waals surface area contributed by atoms with E-state index in [2.05, 4.69) is 195 Å². The lowest BCUT2D eigenvalue weighted by Gasteiger charge is -2.35. The van der Waals surface area contributed by atoms with Crippen molar-refractivity contribution in [3.63, 3.8) is 0 Å². The van der Waals surface area contributed by atoms with Crippen LogP contribution in [0.4, 0.5) is 0 Å². The fraction of sp³-hybridized carbons (Fsp3) is 0. The second-order valence-electron chi connectivity index (χ2n) is 13.2. The lowest BCUT2D eigenvalue weighted by molar-refractivity contribution is 1.15. The van der Waals surface area contributed by atoms with Gasteiger partial charge in [-0.1, -0.05) is 139 Å². The summed E-state index contributed by atoms with van der Waals surface area (Å²) < 4.78 is 8.50. The highest BCUT2D eigenvalue weighted by Crippen LogP contribution is 2.33. The van der Waals surface area contributed by atoms with Gasteiger partial charge in [-0.15, -0.1) is 0 Å². The van der Waals surface area contributed by atoms with Crippen LogP contribution in [-0.4, -0.2) is 26.4 Å². The van der Waals surface area contributed by atoms with Gasteiger partial charge in [0.15, 0.2) is 13.0 Å². The van der Waals surface area contributed by atoms with Gasteiger partial charge in [0.05, 0.1) is 37.8 Å². The molecule has 240 valence electrons. The van der Waals surface area contributed by atoms with E-state index in [1.54, 1.807) is 0 Å². The highest BCUT2D eigenvalue weighted by atomic mass is 32.1. The number of imidazole rings is 2. The van der Waals surface area contributed by atoms with Crippen molar-refractivity contribution in [2.24, 2.45) is 0 Å². The molecule has 11 rings (SSSR count). The largest absolute Gasteiger partial charge is 0.294 e. The van der Waals surface area contributed by atoms with Gasteiger partial charge in [0.1, 0.15) is 5.65 Å². The van der Waals surface area contributed by atoms with Crippen LogP contribution in [0, 0.1) is 0 Å². The van der Waals surface area contributed by atoms with E-state index in [9.17, 15) is 0 Å². The van der Waals surface area contributed by atoms with Gasteiger partial charge in [-0.05, 0) is 75.3 Å². The maximum absolute atomic E-state index is 5.11. The van der Waals surface area contributed by atoms with E-state index in [-0.39, 0.29) is 0 Å². The highest BCUT2D eigenvalue weighted by molar-refractivity contribution is 7.29. The molecular weight excluding hydrogens is 657 g/mol. The molecule has 51 heavy (non-hydrogen) atoms. The minimum absolute atomic E-state index is 1.03. The number of hydrogen-bond donors (Lipinski definition) is 0. The number of para-hydroxylation sites is 5. The van der Waals surface area contributed by atoms with Crippen LogP contribution in [-0.2, 0) is 0 Å². The van der Waals surface area contributed by atoms with Crippen LogP contribution in [0.2, 0.25) is 0 Å². The molecule has 0 saturated carbocycles. The monoisotopic (exact) mass is 686 g/mol. The molecule has 0 bridgehead atoms. The predicted molar refractivity (Wildman–Crippen MR) is 217 cm³/mol. The quantitative estimate of drug-likeness (QED) is 0.132. The van der Waals surface area contributed by atoms with Crippen molar-refractivity contribution in [3.05, 3.63) is 182 Å². The topological polar surface area (TPSA) is 26.6 Å². The van der Waals surface area contributed by atoms with Crippen molar-refractivity contribution >= 4 is 94.0 Å². The molecule has 0 N–H and O–H groups in total. The number of rotatable bonds is 5. The summed E-state index contributed by atoms with van der Waals surface area (Å²) in [5.74, 6) is 0. The lowest BCUT2D eigenvalue weighted by Crippen LogP contribution is -2.74. The first-order valence-corrected chi connectivity index (χ1v) is 20.1. The average Bonchev–Trinajstić information content (AvgIpc) is 3.93. The minimum atomic E-state index is -2.93. The zero-order valence-electron chi connectivity index (χ0n) is 27.5. The van der Waals surface area contributed by atoms with Crippen LogP contribution in [0.25, 0.3) is 59.5 Å². The number of fused-ring (bicyclic) bond motifs is 10. The second-order valence-corrected chi connectivity index (χ2v) is 18.0. The molecule has 0 aliphatic heterocycles. The molecule has 0 fully saturated rings. The molecule has 0 amide bonds. The molecule has 0 aliphatic carbocycles. The smallest absolute Gasteiger partial charge is 0.195 e. The Morgan fingerprint density at radius 2 is 1.06 bits per heavy atom. The molecule has 0 saturated heterocycles. The van der Waals surface area contributed by atoms with Gasteiger partial charge in [-0.2, -0.15) is 0 Å². The van der Waals surface area contributed by atoms with Crippen LogP contribution in [0.15, 0.2) is 182 Å². The Hall–Kier alpha value is -6.21. The summed E-state index contributed by atoms with van der Waals surface area (Å²) in [4.78, 5) is 6.13. The lowest BCUT2D eigenvalue weighted by atomic mass is 10.2. The minimum Gasteiger partial charge on any atom is -0.294 e. The Labute approximate surface area is 298 Å². The zero-order chi connectivity index (χ0) is 33.5. The van der Waals surface area contributed by atoms with E-state index < -0.39 is 8.07 Å². The Balaban J connectivity index is 1.26. The van der Waals surface area contributed by atoms with Crippen molar-refractivity contribution < 1.29 is 0 Å². The Morgan fingerprint density at radius 3 is 1.84 bits per heavy atom. The Bertz CT molecular complexity index is 3060. The second kappa shape index (κ2) is 10.9. The van der Waals surface area contributed by atoms with E-state index in [0.29, 0.717) is 0 Å². The molecule has 11 aromatic rings. The molecule has 0 aliphatic rings. The Morgan fingerprint density at radius 1 is 0.451 bits per heavy atom. The molecule has 7 aromatic carbocycles. The third kappa shape index (κ3) is 3.97. The maximum atomic E-state index is 5.11. The summed E-state index contributed by atoms with van der Waals surface area (Å²) in [6.07, 6.45) is 0. The molecule has 6 heteroatoms. The standard InChI is InChI=1S/C45H30N4SSi/c1-3-17-33(18-4-1)51(34-19-5-2-6-20-34,42-28-14-27-41-44(42)50-45-46-36-22-8-10-24-38(36)49(41)45)35-21-13-16-32(30-35)47-39-25-11-12-26-40(39)48-37-23-9-7-15-31(37)29-43(47)48/h1-30H. The number of thiazole rings is 1. The number of nitrogens with zero attached hydrogens (tertiary/aromatic N) is 4. The van der Waals surface area contributed by atoms with Gasteiger partial charge in [0.2, 0.25) is 0 Å². The van der Waals surface area contributed by atoms with Crippen molar-refractivity contribution in [1.29, 1.82) is 0 Å². The fourth-order valence-electron chi connectivity index (χ4n) is 8.52. The number of hydrogen-bond acceptors (Lipinski definition) is 2. The third-order valence-electron chi connectivity index (χ3n) is 10.6. The molecule has 0 radical (unpaired) electrons. The van der Waals surface area contributed by atoms with Gasteiger partial charge in [-0.3, -0.25) is 13.4 Å². The predicted octanol–water partition coefficient (Wildman–Crippen LogP) is 8.43. The molecule has 0 spiro atoms. The first-order chi connectivity index (χ1) is 25.3. The van der Waals surface area contributed by atoms with Crippen LogP contribution in [0.5, 0.6) is 0 Å². The average molecular weight is 687 g/mol. The van der Waals surface area contributed by atoms with Gasteiger partial charge >= 0.3 is 0 Å². The van der Waals surface area contributed by atoms with Crippen LogP contribution in [0.1, 0.15) is 0 Å². The molecule has 4 nitrogen and oxygen atoms in total. The first-order valence-electron chi connectivity index (χ1n) is 17.3. The van der Waals surface area contributed by atoms with E-state index >= 15 is 0 Å².